The Bertz CT molecular complexity index is 341. The molecule has 0 aliphatic carbocycles. The Morgan fingerprint density at radius 1 is 1.38 bits per heavy atom. The number of aliphatic hydroxyl groups excluding tert-OH is 1. The molecule has 0 bridgehead atoms. The van der Waals surface area contributed by atoms with Crippen molar-refractivity contribution < 1.29 is 13.9 Å². The number of aliphatic hydroxyl groups is 1. The first-order valence-corrected chi connectivity index (χ1v) is 4.06. The molecule has 1 atom stereocenters. The van der Waals surface area contributed by atoms with E-state index in [0.717, 1.165) is 6.07 Å². The average molecular weight is 185 g/mol. The molecule has 0 amide bonds. The molecule has 70 valence electrons. The molecule has 2 nitrogen and oxygen atoms in total. The van der Waals surface area contributed by atoms with Gasteiger partial charge >= 0.3 is 0 Å². The highest BCUT2D eigenvalue weighted by Crippen LogP contribution is 2.26. The number of hydrogen-bond acceptors (Lipinski definition) is 2. The minimum Gasteiger partial charge on any atom is -0.391 e. The van der Waals surface area contributed by atoms with Crippen LogP contribution in [0.25, 0.3) is 0 Å². The number of halogens is 2. The van der Waals surface area contributed by atoms with Crippen molar-refractivity contribution in [3.05, 3.63) is 29.3 Å². The minimum absolute atomic E-state index is 0.303. The van der Waals surface area contributed by atoms with Crippen LogP contribution in [0.3, 0.4) is 0 Å². The van der Waals surface area contributed by atoms with Crippen LogP contribution < -0.4 is 5.32 Å². The molecule has 0 saturated heterocycles. The fraction of sp³-hybridized carbons (Fsp3) is 0.333. The topological polar surface area (TPSA) is 32.3 Å². The van der Waals surface area contributed by atoms with Crippen LogP contribution in [0.15, 0.2) is 12.1 Å². The lowest BCUT2D eigenvalue weighted by Crippen LogP contribution is -2.28. The van der Waals surface area contributed by atoms with Gasteiger partial charge in [-0.3, -0.25) is 0 Å². The van der Waals surface area contributed by atoms with Gasteiger partial charge in [-0.1, -0.05) is 0 Å². The molecular formula is C9H9F2NO. The van der Waals surface area contributed by atoms with E-state index in [-0.39, 0.29) is 0 Å². The number of β-amino-alcohol motifs (C(OH)–C–C–N with tert-alkyl or cyclic N) is 1. The van der Waals surface area contributed by atoms with E-state index in [9.17, 15) is 13.9 Å². The molecule has 4 heteroatoms. The fourth-order valence-electron chi connectivity index (χ4n) is 1.53. The van der Waals surface area contributed by atoms with Crippen LogP contribution >= 0.6 is 0 Å². The van der Waals surface area contributed by atoms with Crippen molar-refractivity contribution in [1.82, 2.24) is 0 Å². The molecule has 1 aromatic carbocycles. The molecule has 1 aliphatic rings. The van der Waals surface area contributed by atoms with E-state index in [1.165, 1.54) is 6.07 Å². The molecule has 0 spiro atoms. The number of nitrogens with one attached hydrogen (secondary N) is 1. The third-order valence-electron chi connectivity index (χ3n) is 2.11. The Hall–Kier alpha value is -1.16. The fourth-order valence-corrected chi connectivity index (χ4v) is 1.53. The van der Waals surface area contributed by atoms with E-state index in [2.05, 4.69) is 5.32 Å². The number of rotatable bonds is 0. The summed E-state index contributed by atoms with van der Waals surface area (Å²) in [5.41, 5.74) is 0.808. The molecule has 2 N–H and O–H groups in total. The van der Waals surface area contributed by atoms with Gasteiger partial charge in [-0.05, 0) is 11.6 Å². The van der Waals surface area contributed by atoms with Crippen molar-refractivity contribution in [2.24, 2.45) is 0 Å². The lowest BCUT2D eigenvalue weighted by atomic mass is 10.0. The molecule has 13 heavy (non-hydrogen) atoms. The van der Waals surface area contributed by atoms with E-state index in [0.29, 0.717) is 24.2 Å². The van der Waals surface area contributed by atoms with Crippen LogP contribution in [-0.4, -0.2) is 17.8 Å². The van der Waals surface area contributed by atoms with Crippen LogP contribution in [0.1, 0.15) is 5.56 Å². The van der Waals surface area contributed by atoms with E-state index >= 15 is 0 Å². The first-order chi connectivity index (χ1) is 6.16. The molecule has 1 unspecified atom stereocenters. The first-order valence-electron chi connectivity index (χ1n) is 4.06. The maximum absolute atomic E-state index is 13.1. The Morgan fingerprint density at radius 2 is 2.15 bits per heavy atom. The molecule has 2 rings (SSSR count). The molecular weight excluding hydrogens is 176 g/mol. The van der Waals surface area contributed by atoms with Gasteiger partial charge in [0.15, 0.2) is 0 Å². The summed E-state index contributed by atoms with van der Waals surface area (Å²) in [5.74, 6) is -1.20. The lowest BCUT2D eigenvalue weighted by molar-refractivity contribution is 0.184. The maximum atomic E-state index is 13.1. The molecule has 0 radical (unpaired) electrons. The molecule has 1 aliphatic heterocycles. The minimum atomic E-state index is -0.604. The summed E-state index contributed by atoms with van der Waals surface area (Å²) < 4.78 is 25.8. The number of fused-ring (bicyclic) bond motifs is 1. The van der Waals surface area contributed by atoms with Gasteiger partial charge in [0.1, 0.15) is 11.6 Å². The predicted molar refractivity (Wildman–Crippen MR) is 44.6 cm³/mol. The van der Waals surface area contributed by atoms with Gasteiger partial charge in [0, 0.05) is 19.0 Å². The molecule has 0 fully saturated rings. The van der Waals surface area contributed by atoms with Crippen molar-refractivity contribution >= 4 is 5.69 Å². The molecule has 1 heterocycles. The second-order valence-electron chi connectivity index (χ2n) is 3.16. The van der Waals surface area contributed by atoms with Crippen molar-refractivity contribution in [1.29, 1.82) is 0 Å². The lowest BCUT2D eigenvalue weighted by Gasteiger charge is -2.22. The highest BCUT2D eigenvalue weighted by molar-refractivity contribution is 5.54. The Labute approximate surface area is 74.2 Å². The number of hydrogen-bond donors (Lipinski definition) is 2. The number of anilines is 1. The van der Waals surface area contributed by atoms with Crippen molar-refractivity contribution in [2.75, 3.05) is 11.9 Å². The summed E-state index contributed by atoms with van der Waals surface area (Å²) in [6.45, 7) is 0.315. The third-order valence-corrected chi connectivity index (χ3v) is 2.11. The number of benzene rings is 1. The summed E-state index contributed by atoms with van der Waals surface area (Å²) >= 11 is 0. The summed E-state index contributed by atoms with van der Waals surface area (Å²) in [5, 5.41) is 11.9. The highest BCUT2D eigenvalue weighted by atomic mass is 19.1. The monoisotopic (exact) mass is 185 g/mol. The average Bonchev–Trinajstić information content (AvgIpc) is 2.02. The van der Waals surface area contributed by atoms with Gasteiger partial charge in [-0.25, -0.2) is 8.78 Å². The van der Waals surface area contributed by atoms with E-state index < -0.39 is 17.7 Å². The largest absolute Gasteiger partial charge is 0.391 e. The van der Waals surface area contributed by atoms with E-state index in [4.69, 9.17) is 0 Å². The molecule has 0 aromatic heterocycles. The zero-order valence-corrected chi connectivity index (χ0v) is 6.85. The second kappa shape index (κ2) is 2.96. The normalized spacial score (nSPS) is 20.7. The van der Waals surface area contributed by atoms with Crippen LogP contribution in [0, 0.1) is 11.6 Å². The van der Waals surface area contributed by atoms with Gasteiger partial charge in [0.2, 0.25) is 0 Å². The first kappa shape index (κ1) is 8.44. The van der Waals surface area contributed by atoms with Crippen molar-refractivity contribution in [3.63, 3.8) is 0 Å². The Balaban J connectivity index is 2.47. The third kappa shape index (κ3) is 1.49. The summed E-state index contributed by atoms with van der Waals surface area (Å²) in [6.07, 6.45) is -0.259. The van der Waals surface area contributed by atoms with Gasteiger partial charge in [0.25, 0.3) is 0 Å². The van der Waals surface area contributed by atoms with E-state index in [1.54, 1.807) is 0 Å². The smallest absolute Gasteiger partial charge is 0.149 e. The summed E-state index contributed by atoms with van der Waals surface area (Å²) in [4.78, 5) is 0. The van der Waals surface area contributed by atoms with Gasteiger partial charge < -0.3 is 10.4 Å². The quantitative estimate of drug-likeness (QED) is 0.638. The van der Waals surface area contributed by atoms with E-state index in [1.807, 2.05) is 0 Å². The SMILES string of the molecule is OC1CNc2c(F)cc(F)cc2C1. The van der Waals surface area contributed by atoms with Crippen molar-refractivity contribution in [2.45, 2.75) is 12.5 Å². The molecule has 0 saturated carbocycles. The highest BCUT2D eigenvalue weighted by Gasteiger charge is 2.19. The second-order valence-corrected chi connectivity index (χ2v) is 3.16. The standard InChI is InChI=1S/C9H9F2NO/c10-6-1-5-2-7(13)4-12-9(5)8(11)3-6/h1,3,7,12-13H,2,4H2. The van der Waals surface area contributed by atoms with Crippen LogP contribution in [0.5, 0.6) is 0 Å². The Morgan fingerprint density at radius 3 is 2.92 bits per heavy atom. The Kier molecular flexibility index (Phi) is 1.92. The molecule has 1 aromatic rings. The maximum Gasteiger partial charge on any atom is 0.149 e. The van der Waals surface area contributed by atoms with Gasteiger partial charge in [-0.15, -0.1) is 0 Å². The summed E-state index contributed by atoms with van der Waals surface area (Å²) in [6, 6.07) is 2.08. The zero-order chi connectivity index (χ0) is 9.42. The van der Waals surface area contributed by atoms with Crippen molar-refractivity contribution in [3.8, 4) is 0 Å². The summed E-state index contributed by atoms with van der Waals surface area (Å²) in [7, 11) is 0. The zero-order valence-electron chi connectivity index (χ0n) is 6.85. The van der Waals surface area contributed by atoms with Crippen LogP contribution in [-0.2, 0) is 6.42 Å². The van der Waals surface area contributed by atoms with Gasteiger partial charge in [-0.2, -0.15) is 0 Å². The van der Waals surface area contributed by atoms with Gasteiger partial charge in [0.05, 0.1) is 11.8 Å². The van der Waals surface area contributed by atoms with Crippen LogP contribution in [0.2, 0.25) is 0 Å². The predicted octanol–water partition coefficient (Wildman–Crippen LogP) is 1.29. The van der Waals surface area contributed by atoms with Crippen LogP contribution in [0.4, 0.5) is 14.5 Å².